The Balaban J connectivity index is 1.61. The van der Waals surface area contributed by atoms with Crippen molar-refractivity contribution >= 4 is 53.3 Å². The van der Waals surface area contributed by atoms with Crippen molar-refractivity contribution in [2.75, 3.05) is 46.0 Å². The molecule has 3 aliphatic heterocycles. The number of carboxylic acids is 2. The first-order valence-electron chi connectivity index (χ1n) is 17.3. The summed E-state index contributed by atoms with van der Waals surface area (Å²) in [4.78, 5) is 116. The standard InChI is InChI=1S/C31H48N8O14/c40-13-18(35-27(48)19(14-41)36-26(47)16-4-1-9-32-16)25(46)33-12-23(43)34-17(7-8-24(44)45)29(50)39-11-3-6-22(39)30(51)38-10-2-5-21(38)28(49)37-20(15-42)31(52)53/h16-22,32,40-42H,1-15H2,(H,33,46)(H,34,43)(H,35,48)(H,36,47)(H,37,49)(H,44,45)(H,52,53)/t16-,17-,18-,19-,20-,21-,22-/m0/s1. The molecule has 3 rings (SSSR count). The average molecular weight is 757 g/mol. The number of nitrogens with one attached hydrogen (secondary N) is 6. The van der Waals surface area contributed by atoms with Crippen LogP contribution < -0.4 is 31.9 Å². The molecule has 0 bridgehead atoms. The predicted molar refractivity (Wildman–Crippen MR) is 177 cm³/mol. The summed E-state index contributed by atoms with van der Waals surface area (Å²) in [6.07, 6.45) is 1.48. The minimum Gasteiger partial charge on any atom is -0.481 e. The molecule has 0 radical (unpaired) electrons. The predicted octanol–water partition coefficient (Wildman–Crippen LogP) is -6.30. The molecule has 53 heavy (non-hydrogen) atoms. The summed E-state index contributed by atoms with van der Waals surface area (Å²) >= 11 is 0. The number of carbonyl (C=O) groups is 9. The van der Waals surface area contributed by atoms with E-state index in [1.807, 2.05) is 0 Å². The van der Waals surface area contributed by atoms with Crippen LogP contribution in [-0.2, 0) is 43.2 Å². The molecule has 0 saturated carbocycles. The number of amides is 7. The number of rotatable bonds is 19. The lowest BCUT2D eigenvalue weighted by molar-refractivity contribution is -0.149. The van der Waals surface area contributed by atoms with Gasteiger partial charge in [0.15, 0.2) is 0 Å². The highest BCUT2D eigenvalue weighted by molar-refractivity contribution is 5.97. The fourth-order valence-corrected chi connectivity index (χ4v) is 6.34. The Morgan fingerprint density at radius 2 is 1.26 bits per heavy atom. The number of likely N-dealkylation sites (tertiary alicyclic amines) is 2. The molecular weight excluding hydrogens is 708 g/mol. The number of nitrogens with zero attached hydrogens (tertiary/aromatic N) is 2. The molecule has 22 nitrogen and oxygen atoms in total. The van der Waals surface area contributed by atoms with Crippen LogP contribution >= 0.6 is 0 Å². The molecule has 0 aromatic rings. The third-order valence-corrected chi connectivity index (χ3v) is 9.17. The second kappa shape index (κ2) is 20.3. The monoisotopic (exact) mass is 756 g/mol. The van der Waals surface area contributed by atoms with E-state index in [0.717, 1.165) is 6.42 Å². The Morgan fingerprint density at radius 3 is 1.85 bits per heavy atom. The van der Waals surface area contributed by atoms with Gasteiger partial charge in [-0.15, -0.1) is 0 Å². The van der Waals surface area contributed by atoms with E-state index in [4.69, 9.17) is 0 Å². The van der Waals surface area contributed by atoms with Gasteiger partial charge >= 0.3 is 11.9 Å². The Labute approximate surface area is 303 Å². The van der Waals surface area contributed by atoms with Crippen LogP contribution in [0.5, 0.6) is 0 Å². The third kappa shape index (κ3) is 11.8. The number of aliphatic hydroxyl groups excluding tert-OH is 3. The van der Waals surface area contributed by atoms with E-state index in [2.05, 4.69) is 31.9 Å². The number of carbonyl (C=O) groups excluding carboxylic acids is 7. The number of aliphatic hydroxyl groups is 3. The summed E-state index contributed by atoms with van der Waals surface area (Å²) in [5.74, 6) is -8.45. The van der Waals surface area contributed by atoms with Crippen LogP contribution in [-0.4, -0.2) is 177 Å². The van der Waals surface area contributed by atoms with Crippen molar-refractivity contribution in [3.63, 3.8) is 0 Å². The fraction of sp³-hybridized carbons (Fsp3) is 0.710. The first-order valence-corrected chi connectivity index (χ1v) is 17.3. The van der Waals surface area contributed by atoms with Crippen LogP contribution in [0.15, 0.2) is 0 Å². The molecule has 11 N–H and O–H groups in total. The maximum atomic E-state index is 13.7. The van der Waals surface area contributed by atoms with Crippen LogP contribution in [0.4, 0.5) is 0 Å². The van der Waals surface area contributed by atoms with E-state index >= 15 is 0 Å². The van der Waals surface area contributed by atoms with E-state index < -0.39 is 135 Å². The molecule has 0 spiro atoms. The summed E-state index contributed by atoms with van der Waals surface area (Å²) < 4.78 is 0. The van der Waals surface area contributed by atoms with Crippen molar-refractivity contribution in [1.82, 2.24) is 41.7 Å². The third-order valence-electron chi connectivity index (χ3n) is 9.17. The maximum Gasteiger partial charge on any atom is 0.328 e. The van der Waals surface area contributed by atoms with E-state index in [0.29, 0.717) is 25.8 Å². The van der Waals surface area contributed by atoms with Crippen LogP contribution in [0.1, 0.15) is 51.4 Å². The van der Waals surface area contributed by atoms with Gasteiger partial charge in [-0.3, -0.25) is 38.4 Å². The molecule has 0 unspecified atom stereocenters. The Bertz CT molecular complexity index is 1390. The van der Waals surface area contributed by atoms with E-state index in [-0.39, 0.29) is 25.9 Å². The van der Waals surface area contributed by atoms with Gasteiger partial charge in [0.2, 0.25) is 41.4 Å². The lowest BCUT2D eigenvalue weighted by atomic mass is 10.1. The van der Waals surface area contributed by atoms with E-state index in [1.54, 1.807) is 0 Å². The van der Waals surface area contributed by atoms with Crippen LogP contribution in [0.2, 0.25) is 0 Å². The highest BCUT2D eigenvalue weighted by atomic mass is 16.4. The van der Waals surface area contributed by atoms with E-state index in [9.17, 15) is 68.7 Å². The SMILES string of the molecule is O=C(O)CC[C@H](NC(=O)CNC(=O)[C@H](CO)NC(=O)[C@H](CO)NC(=O)[C@@H]1CCCN1)C(=O)N1CCC[C@H]1C(=O)N1CCC[C@H]1C(=O)N[C@@H](CO)C(=O)O. The summed E-state index contributed by atoms with van der Waals surface area (Å²) in [6.45, 7) is -2.60. The summed E-state index contributed by atoms with van der Waals surface area (Å²) in [5, 5.41) is 61.3. The molecular formula is C31H48N8O14. The topological polar surface area (TPSA) is 333 Å². The quantitative estimate of drug-likeness (QED) is 0.0584. The van der Waals surface area contributed by atoms with Crippen molar-refractivity contribution < 1.29 is 68.7 Å². The number of hydrogen-bond donors (Lipinski definition) is 11. The van der Waals surface area contributed by atoms with Gasteiger partial charge in [0.05, 0.1) is 32.4 Å². The minimum atomic E-state index is -1.61. The summed E-state index contributed by atoms with van der Waals surface area (Å²) in [7, 11) is 0. The lowest BCUT2D eigenvalue weighted by Crippen LogP contribution is -2.59. The number of hydrogen-bond acceptors (Lipinski definition) is 13. The second-order valence-electron chi connectivity index (χ2n) is 12.9. The smallest absolute Gasteiger partial charge is 0.328 e. The average Bonchev–Trinajstić information content (AvgIpc) is 3.94. The van der Waals surface area contributed by atoms with Crippen LogP contribution in [0, 0.1) is 0 Å². The first kappa shape index (κ1) is 42.5. The first-order chi connectivity index (χ1) is 25.2. The normalized spacial score (nSPS) is 21.8. The van der Waals surface area contributed by atoms with Crippen LogP contribution in [0.25, 0.3) is 0 Å². The molecule has 3 fully saturated rings. The molecule has 3 saturated heterocycles. The zero-order valence-electron chi connectivity index (χ0n) is 29.0. The van der Waals surface area contributed by atoms with Crippen molar-refractivity contribution in [1.29, 1.82) is 0 Å². The zero-order chi connectivity index (χ0) is 39.2. The molecule has 0 aromatic heterocycles. The Kier molecular flexibility index (Phi) is 16.3. The Morgan fingerprint density at radius 1 is 0.660 bits per heavy atom. The molecule has 3 heterocycles. The van der Waals surface area contributed by atoms with Crippen molar-refractivity contribution in [2.45, 2.75) is 93.7 Å². The van der Waals surface area contributed by atoms with Crippen LogP contribution in [0.3, 0.4) is 0 Å². The molecule has 7 amide bonds. The lowest BCUT2D eigenvalue weighted by Gasteiger charge is -2.33. The van der Waals surface area contributed by atoms with Gasteiger partial charge in [-0.05, 0) is 51.5 Å². The second-order valence-corrected chi connectivity index (χ2v) is 12.9. The maximum absolute atomic E-state index is 13.7. The number of carboxylic acid groups (broad SMARTS) is 2. The van der Waals surface area contributed by atoms with E-state index in [1.165, 1.54) is 9.80 Å². The molecule has 22 heteroatoms. The van der Waals surface area contributed by atoms with Gasteiger partial charge in [0.25, 0.3) is 0 Å². The Hall–Kier alpha value is -4.93. The highest BCUT2D eigenvalue weighted by Crippen LogP contribution is 2.26. The van der Waals surface area contributed by atoms with Gasteiger partial charge in [0.1, 0.15) is 36.3 Å². The largest absolute Gasteiger partial charge is 0.481 e. The van der Waals surface area contributed by atoms with Crippen molar-refractivity contribution in [3.8, 4) is 0 Å². The molecule has 0 aliphatic carbocycles. The van der Waals surface area contributed by atoms with Gasteiger partial charge in [-0.25, -0.2) is 4.79 Å². The number of aliphatic carboxylic acids is 2. The highest BCUT2D eigenvalue weighted by Gasteiger charge is 2.44. The fourth-order valence-electron chi connectivity index (χ4n) is 6.34. The zero-order valence-corrected chi connectivity index (χ0v) is 29.0. The molecule has 7 atom stereocenters. The minimum absolute atomic E-state index is 0.0616. The summed E-state index contributed by atoms with van der Waals surface area (Å²) in [5.41, 5.74) is 0. The van der Waals surface area contributed by atoms with Gasteiger partial charge < -0.3 is 67.2 Å². The van der Waals surface area contributed by atoms with Crippen molar-refractivity contribution in [3.05, 3.63) is 0 Å². The van der Waals surface area contributed by atoms with Gasteiger partial charge in [-0.2, -0.15) is 0 Å². The van der Waals surface area contributed by atoms with Crippen molar-refractivity contribution in [2.24, 2.45) is 0 Å². The van der Waals surface area contributed by atoms with Gasteiger partial charge in [0, 0.05) is 19.5 Å². The molecule has 0 aromatic carbocycles. The molecule has 296 valence electrons. The summed E-state index contributed by atoms with van der Waals surface area (Å²) in [6, 6.07) is -8.79. The van der Waals surface area contributed by atoms with Gasteiger partial charge in [-0.1, -0.05) is 0 Å². The molecule has 3 aliphatic rings.